The lowest BCUT2D eigenvalue weighted by Crippen LogP contribution is -2.45. The van der Waals surface area contributed by atoms with Gasteiger partial charge in [0, 0.05) is 24.6 Å². The fourth-order valence-electron chi connectivity index (χ4n) is 2.06. The second-order valence-corrected chi connectivity index (χ2v) is 4.26. The summed E-state index contributed by atoms with van der Waals surface area (Å²) >= 11 is 0. The Morgan fingerprint density at radius 1 is 1.47 bits per heavy atom. The molecule has 0 aliphatic heterocycles. The van der Waals surface area contributed by atoms with E-state index in [1.165, 1.54) is 0 Å². The molecule has 1 heterocycles. The largest absolute Gasteiger partial charge is 0.385 e. The number of aliphatic hydroxyl groups is 1. The van der Waals surface area contributed by atoms with Crippen molar-refractivity contribution in [3.63, 3.8) is 0 Å². The number of rotatable bonds is 3. The third kappa shape index (κ3) is 1.77. The first-order valence-electron chi connectivity index (χ1n) is 5.34. The maximum Gasteiger partial charge on any atom is 0.109 e. The molecule has 3 heteroatoms. The molecular weight excluding hydrogens is 190 g/mol. The minimum atomic E-state index is -0.552. The highest BCUT2D eigenvalue weighted by Crippen LogP contribution is 2.44. The summed E-state index contributed by atoms with van der Waals surface area (Å²) < 4.78 is 5.44. The summed E-state index contributed by atoms with van der Waals surface area (Å²) in [7, 11) is 1.67. The summed E-state index contributed by atoms with van der Waals surface area (Å²) in [5.41, 5.74) is 1.45. The molecular formula is C12H17NO2. The molecule has 0 radical (unpaired) electrons. The van der Waals surface area contributed by atoms with Crippen LogP contribution in [0.5, 0.6) is 0 Å². The van der Waals surface area contributed by atoms with E-state index in [2.05, 4.69) is 4.98 Å². The van der Waals surface area contributed by atoms with E-state index in [9.17, 15) is 5.11 Å². The Labute approximate surface area is 90.1 Å². The lowest BCUT2D eigenvalue weighted by atomic mass is 9.74. The van der Waals surface area contributed by atoms with Crippen molar-refractivity contribution in [2.45, 2.75) is 37.9 Å². The van der Waals surface area contributed by atoms with Crippen molar-refractivity contribution in [1.82, 2.24) is 4.98 Å². The van der Waals surface area contributed by atoms with E-state index in [-0.39, 0.29) is 5.60 Å². The third-order valence-corrected chi connectivity index (χ3v) is 3.35. The van der Waals surface area contributed by atoms with Crippen molar-refractivity contribution in [2.24, 2.45) is 0 Å². The summed E-state index contributed by atoms with van der Waals surface area (Å²) in [6, 6.07) is 3.84. The van der Waals surface area contributed by atoms with Gasteiger partial charge in [-0.3, -0.25) is 4.98 Å². The van der Waals surface area contributed by atoms with Crippen LogP contribution in [-0.4, -0.2) is 22.8 Å². The van der Waals surface area contributed by atoms with Crippen LogP contribution in [0.3, 0.4) is 0 Å². The second-order valence-electron chi connectivity index (χ2n) is 4.26. The smallest absolute Gasteiger partial charge is 0.109 e. The Kier molecular flexibility index (Phi) is 2.76. The van der Waals surface area contributed by atoms with Gasteiger partial charge in [-0.2, -0.15) is 0 Å². The molecule has 1 N–H and O–H groups in total. The van der Waals surface area contributed by atoms with Crippen molar-refractivity contribution in [3.05, 3.63) is 29.6 Å². The van der Waals surface area contributed by atoms with E-state index in [1.54, 1.807) is 13.3 Å². The molecule has 2 rings (SSSR count). The van der Waals surface area contributed by atoms with Gasteiger partial charge in [0.25, 0.3) is 0 Å². The molecule has 0 spiro atoms. The van der Waals surface area contributed by atoms with Gasteiger partial charge in [-0.1, -0.05) is 6.07 Å². The Morgan fingerprint density at radius 2 is 2.20 bits per heavy atom. The predicted molar refractivity (Wildman–Crippen MR) is 57.5 cm³/mol. The van der Waals surface area contributed by atoms with E-state index in [0.717, 1.165) is 30.5 Å². The molecule has 0 bridgehead atoms. The van der Waals surface area contributed by atoms with Crippen LogP contribution in [0, 0.1) is 6.92 Å². The summed E-state index contributed by atoms with van der Waals surface area (Å²) in [4.78, 5) is 4.19. The van der Waals surface area contributed by atoms with E-state index in [4.69, 9.17) is 4.74 Å². The number of ether oxygens (including phenoxy) is 1. The van der Waals surface area contributed by atoms with Gasteiger partial charge in [0.1, 0.15) is 6.10 Å². The van der Waals surface area contributed by atoms with Crippen molar-refractivity contribution in [3.8, 4) is 0 Å². The number of pyridine rings is 1. The topological polar surface area (TPSA) is 42.4 Å². The molecule has 1 aromatic heterocycles. The summed E-state index contributed by atoms with van der Waals surface area (Å²) in [5.74, 6) is 0. The van der Waals surface area contributed by atoms with Gasteiger partial charge in [-0.25, -0.2) is 0 Å². The molecule has 1 fully saturated rings. The molecule has 15 heavy (non-hydrogen) atoms. The highest BCUT2D eigenvalue weighted by atomic mass is 16.5. The van der Waals surface area contributed by atoms with E-state index in [1.807, 2.05) is 19.1 Å². The van der Waals surface area contributed by atoms with Crippen molar-refractivity contribution in [1.29, 1.82) is 0 Å². The van der Waals surface area contributed by atoms with E-state index in [0.29, 0.717) is 0 Å². The van der Waals surface area contributed by atoms with Gasteiger partial charge in [0.15, 0.2) is 0 Å². The molecule has 0 aromatic carbocycles. The van der Waals surface area contributed by atoms with Crippen LogP contribution in [0.4, 0.5) is 0 Å². The molecule has 0 amide bonds. The second kappa shape index (κ2) is 3.91. The molecule has 1 aliphatic rings. The minimum absolute atomic E-state index is 0.364. The van der Waals surface area contributed by atoms with Gasteiger partial charge >= 0.3 is 0 Å². The number of aliphatic hydroxyl groups excluding tert-OH is 1. The average Bonchev–Trinajstić information content (AvgIpc) is 2.18. The van der Waals surface area contributed by atoms with Crippen LogP contribution in [0.2, 0.25) is 0 Å². The predicted octanol–water partition coefficient (Wildman–Crippen LogP) is 1.99. The Hall–Kier alpha value is -0.930. The quantitative estimate of drug-likeness (QED) is 0.824. The lowest BCUT2D eigenvalue weighted by molar-refractivity contribution is -0.151. The fraction of sp³-hybridized carbons (Fsp3) is 0.583. The summed E-state index contributed by atoms with van der Waals surface area (Å²) in [6.07, 6.45) is 4.17. The minimum Gasteiger partial charge on any atom is -0.385 e. The first-order valence-corrected chi connectivity index (χ1v) is 5.34. The standard InChI is InChI=1S/C12H17NO2/c1-9-4-5-10(8-13-9)11(14)12(15-2)6-3-7-12/h4-5,8,11,14H,3,6-7H2,1-2H3. The average molecular weight is 207 g/mol. The normalized spacial score (nSPS) is 20.7. The van der Waals surface area contributed by atoms with Gasteiger partial charge in [-0.05, 0) is 32.3 Å². The highest BCUT2D eigenvalue weighted by Gasteiger charge is 2.44. The molecule has 3 nitrogen and oxygen atoms in total. The molecule has 1 aromatic rings. The summed E-state index contributed by atoms with van der Waals surface area (Å²) in [5, 5.41) is 10.2. The number of aryl methyl sites for hydroxylation is 1. The maximum atomic E-state index is 10.2. The monoisotopic (exact) mass is 207 g/mol. The van der Waals surface area contributed by atoms with Crippen molar-refractivity contribution >= 4 is 0 Å². The van der Waals surface area contributed by atoms with Crippen LogP contribution in [0.15, 0.2) is 18.3 Å². The SMILES string of the molecule is COC1(C(O)c2ccc(C)nc2)CCC1. The number of hydrogen-bond acceptors (Lipinski definition) is 3. The van der Waals surface area contributed by atoms with Crippen LogP contribution < -0.4 is 0 Å². The Morgan fingerprint density at radius 3 is 2.60 bits per heavy atom. The zero-order valence-electron chi connectivity index (χ0n) is 9.23. The molecule has 82 valence electrons. The molecule has 1 atom stereocenters. The zero-order chi connectivity index (χ0) is 10.9. The van der Waals surface area contributed by atoms with Gasteiger partial charge in [0.2, 0.25) is 0 Å². The van der Waals surface area contributed by atoms with Crippen LogP contribution in [0.25, 0.3) is 0 Å². The number of nitrogens with zero attached hydrogens (tertiary/aromatic N) is 1. The van der Waals surface area contributed by atoms with Crippen LogP contribution in [-0.2, 0) is 4.74 Å². The molecule has 1 saturated carbocycles. The molecule has 1 aliphatic carbocycles. The van der Waals surface area contributed by atoms with Crippen molar-refractivity contribution in [2.75, 3.05) is 7.11 Å². The highest BCUT2D eigenvalue weighted by molar-refractivity contribution is 5.20. The molecule has 1 unspecified atom stereocenters. The van der Waals surface area contributed by atoms with E-state index >= 15 is 0 Å². The van der Waals surface area contributed by atoms with Crippen molar-refractivity contribution < 1.29 is 9.84 Å². The van der Waals surface area contributed by atoms with Gasteiger partial charge < -0.3 is 9.84 Å². The Bertz CT molecular complexity index is 324. The lowest BCUT2D eigenvalue weighted by Gasteiger charge is -2.44. The zero-order valence-corrected chi connectivity index (χ0v) is 9.23. The third-order valence-electron chi connectivity index (χ3n) is 3.35. The number of hydrogen-bond donors (Lipinski definition) is 1. The fourth-order valence-corrected chi connectivity index (χ4v) is 2.06. The maximum absolute atomic E-state index is 10.2. The summed E-state index contributed by atoms with van der Waals surface area (Å²) in [6.45, 7) is 1.94. The van der Waals surface area contributed by atoms with Crippen LogP contribution in [0.1, 0.15) is 36.6 Å². The van der Waals surface area contributed by atoms with Gasteiger partial charge in [0.05, 0.1) is 5.60 Å². The first-order chi connectivity index (χ1) is 7.18. The Balaban J connectivity index is 2.19. The van der Waals surface area contributed by atoms with Crippen LogP contribution >= 0.6 is 0 Å². The first kappa shape index (κ1) is 10.6. The number of methoxy groups -OCH3 is 1. The van der Waals surface area contributed by atoms with Gasteiger partial charge in [-0.15, -0.1) is 0 Å². The van der Waals surface area contributed by atoms with E-state index < -0.39 is 6.10 Å². The number of aromatic nitrogens is 1. The molecule has 0 saturated heterocycles.